The molecule has 1 heterocycles. The van der Waals surface area contributed by atoms with Crippen LogP contribution in [0.25, 0.3) is 5.57 Å². The lowest BCUT2D eigenvalue weighted by molar-refractivity contribution is -0.0420. The molecule has 0 saturated heterocycles. The van der Waals surface area contributed by atoms with Crippen LogP contribution in [-0.4, -0.2) is 52.4 Å². The SMILES string of the molecule is COCOC[C@H](CO)C1=C[C@H](C#C[Si](C)(C)C)N(C(=O)Oc2ccccc2)c2ccccc21. The fourth-order valence-electron chi connectivity index (χ4n) is 3.53. The smallest absolute Gasteiger partial charge is 0.410 e. The first kappa shape index (κ1) is 24.7. The maximum absolute atomic E-state index is 13.3. The lowest BCUT2D eigenvalue weighted by Crippen LogP contribution is -2.44. The number of carbonyl (C=O) groups is 1. The Kier molecular flexibility index (Phi) is 8.47. The van der Waals surface area contributed by atoms with Crippen LogP contribution in [0.15, 0.2) is 60.7 Å². The van der Waals surface area contributed by atoms with Crippen LogP contribution in [0.5, 0.6) is 5.75 Å². The number of anilines is 1. The number of aliphatic hydroxyl groups is 1. The van der Waals surface area contributed by atoms with Gasteiger partial charge in [-0.2, -0.15) is 0 Å². The molecule has 0 saturated carbocycles. The number of methoxy groups -OCH3 is 1. The summed E-state index contributed by atoms with van der Waals surface area (Å²) in [6, 6.07) is 16.1. The first-order valence-electron chi connectivity index (χ1n) is 10.9. The summed E-state index contributed by atoms with van der Waals surface area (Å²) < 4.78 is 16.2. The van der Waals surface area contributed by atoms with Gasteiger partial charge in [-0.05, 0) is 29.8 Å². The lowest BCUT2D eigenvalue weighted by atomic mass is 9.87. The molecule has 1 amide bonds. The van der Waals surface area contributed by atoms with Crippen molar-refractivity contribution < 1.29 is 24.1 Å². The highest BCUT2D eigenvalue weighted by Gasteiger charge is 2.34. The predicted octanol–water partition coefficient (Wildman–Crippen LogP) is 4.57. The lowest BCUT2D eigenvalue weighted by Gasteiger charge is -2.35. The van der Waals surface area contributed by atoms with Crippen molar-refractivity contribution in [1.82, 2.24) is 0 Å². The summed E-state index contributed by atoms with van der Waals surface area (Å²) in [5.74, 6) is 3.49. The molecular weight excluding hydrogens is 434 g/mol. The zero-order valence-corrected chi connectivity index (χ0v) is 20.6. The number of fused-ring (bicyclic) bond motifs is 1. The minimum Gasteiger partial charge on any atom is -0.410 e. The van der Waals surface area contributed by atoms with Crippen LogP contribution in [0.1, 0.15) is 5.56 Å². The van der Waals surface area contributed by atoms with Gasteiger partial charge in [0.15, 0.2) is 0 Å². The van der Waals surface area contributed by atoms with E-state index in [0.29, 0.717) is 11.4 Å². The normalized spacial score (nSPS) is 16.2. The Bertz CT molecular complexity index is 1040. The number of hydrogen-bond acceptors (Lipinski definition) is 5. The zero-order valence-electron chi connectivity index (χ0n) is 19.6. The Balaban J connectivity index is 2.05. The van der Waals surface area contributed by atoms with Gasteiger partial charge in [0.25, 0.3) is 0 Å². The number of amides is 1. The number of nitrogens with zero attached hydrogens (tertiary/aromatic N) is 1. The van der Waals surface area contributed by atoms with Gasteiger partial charge >= 0.3 is 6.09 Å². The highest BCUT2D eigenvalue weighted by atomic mass is 28.3. The van der Waals surface area contributed by atoms with E-state index in [1.807, 2.05) is 48.5 Å². The Morgan fingerprint density at radius 1 is 1.12 bits per heavy atom. The minimum absolute atomic E-state index is 0.105. The van der Waals surface area contributed by atoms with Crippen molar-refractivity contribution >= 4 is 25.4 Å². The fourth-order valence-corrected chi connectivity index (χ4v) is 4.11. The number of para-hydroxylation sites is 2. The molecule has 1 N–H and O–H groups in total. The number of aliphatic hydroxyl groups excluding tert-OH is 1. The van der Waals surface area contributed by atoms with Crippen LogP contribution in [-0.2, 0) is 9.47 Å². The topological polar surface area (TPSA) is 68.2 Å². The summed E-state index contributed by atoms with van der Waals surface area (Å²) in [4.78, 5) is 14.9. The molecule has 6 nitrogen and oxygen atoms in total. The van der Waals surface area contributed by atoms with Crippen molar-refractivity contribution in [3.8, 4) is 17.2 Å². The molecule has 2 atom stereocenters. The van der Waals surface area contributed by atoms with Gasteiger partial charge in [-0.15, -0.1) is 5.54 Å². The van der Waals surface area contributed by atoms with E-state index in [1.165, 1.54) is 0 Å². The summed E-state index contributed by atoms with van der Waals surface area (Å²) >= 11 is 0. The molecular formula is C26H31NO5Si. The molecule has 3 rings (SSSR count). The van der Waals surface area contributed by atoms with Gasteiger partial charge in [-0.25, -0.2) is 4.79 Å². The van der Waals surface area contributed by atoms with E-state index in [-0.39, 0.29) is 25.9 Å². The van der Waals surface area contributed by atoms with E-state index in [0.717, 1.165) is 11.1 Å². The van der Waals surface area contributed by atoms with E-state index in [4.69, 9.17) is 14.2 Å². The maximum Gasteiger partial charge on any atom is 0.421 e. The second kappa shape index (κ2) is 11.3. The Hall–Kier alpha value is -2.89. The Labute approximate surface area is 196 Å². The van der Waals surface area contributed by atoms with Crippen molar-refractivity contribution in [2.24, 2.45) is 5.92 Å². The molecule has 1 aliphatic heterocycles. The number of rotatable bonds is 7. The minimum atomic E-state index is -1.71. The third kappa shape index (κ3) is 6.56. The monoisotopic (exact) mass is 465 g/mol. The summed E-state index contributed by atoms with van der Waals surface area (Å²) in [5.41, 5.74) is 5.81. The highest BCUT2D eigenvalue weighted by molar-refractivity contribution is 6.83. The third-order valence-electron chi connectivity index (χ3n) is 5.01. The van der Waals surface area contributed by atoms with Crippen LogP contribution >= 0.6 is 0 Å². The van der Waals surface area contributed by atoms with Crippen LogP contribution in [0, 0.1) is 17.4 Å². The van der Waals surface area contributed by atoms with Gasteiger partial charge in [-0.1, -0.05) is 62.0 Å². The number of carbonyl (C=O) groups excluding carboxylic acids is 1. The largest absolute Gasteiger partial charge is 0.421 e. The standard InChI is InChI=1S/C26H31NO5Si/c1-30-19-31-18-20(17-28)24-16-21(14-15-33(2,3)4)27(25-13-9-8-12-23(24)25)26(29)32-22-10-6-5-7-11-22/h5-13,16,20-21,28H,17-19H2,1-4H3/t20-,21-/m0/s1. The van der Waals surface area contributed by atoms with Crippen molar-refractivity contribution in [3.63, 3.8) is 0 Å². The molecule has 0 fully saturated rings. The number of hydrogen-bond donors (Lipinski definition) is 1. The molecule has 0 radical (unpaired) electrons. The van der Waals surface area contributed by atoms with Crippen LogP contribution < -0.4 is 9.64 Å². The van der Waals surface area contributed by atoms with E-state index < -0.39 is 20.2 Å². The predicted molar refractivity (Wildman–Crippen MR) is 133 cm³/mol. The van der Waals surface area contributed by atoms with Crippen molar-refractivity contribution in [2.45, 2.75) is 25.7 Å². The maximum atomic E-state index is 13.3. The number of ether oxygens (including phenoxy) is 3. The molecule has 174 valence electrons. The Morgan fingerprint density at radius 3 is 2.48 bits per heavy atom. The molecule has 1 aliphatic rings. The van der Waals surface area contributed by atoms with Gasteiger partial charge in [0, 0.05) is 18.6 Å². The van der Waals surface area contributed by atoms with Crippen molar-refractivity contribution in [2.75, 3.05) is 32.0 Å². The van der Waals surface area contributed by atoms with Crippen LogP contribution in [0.2, 0.25) is 19.6 Å². The Morgan fingerprint density at radius 2 is 1.82 bits per heavy atom. The molecule has 0 spiro atoms. The fraction of sp³-hybridized carbons (Fsp3) is 0.346. The summed E-state index contributed by atoms with van der Waals surface area (Å²) in [7, 11) is -0.158. The first-order valence-corrected chi connectivity index (χ1v) is 14.4. The van der Waals surface area contributed by atoms with Crippen molar-refractivity contribution in [3.05, 3.63) is 66.2 Å². The van der Waals surface area contributed by atoms with E-state index in [2.05, 4.69) is 31.1 Å². The first-order chi connectivity index (χ1) is 15.8. The van der Waals surface area contributed by atoms with Gasteiger partial charge in [0.2, 0.25) is 0 Å². The average Bonchev–Trinajstić information content (AvgIpc) is 2.80. The molecule has 2 aromatic rings. The van der Waals surface area contributed by atoms with Gasteiger partial charge in [0.05, 0.1) is 18.9 Å². The second-order valence-corrected chi connectivity index (χ2v) is 13.6. The van der Waals surface area contributed by atoms with Gasteiger partial charge in [0.1, 0.15) is 26.7 Å². The zero-order chi connectivity index (χ0) is 23.8. The molecule has 7 heteroatoms. The summed E-state index contributed by atoms with van der Waals surface area (Å²) in [6.07, 6.45) is 1.44. The third-order valence-corrected chi connectivity index (χ3v) is 5.91. The summed E-state index contributed by atoms with van der Waals surface area (Å²) in [6.45, 7) is 6.79. The molecule has 33 heavy (non-hydrogen) atoms. The van der Waals surface area contributed by atoms with Crippen LogP contribution in [0.4, 0.5) is 10.5 Å². The van der Waals surface area contributed by atoms with Gasteiger partial charge < -0.3 is 19.3 Å². The second-order valence-electron chi connectivity index (χ2n) is 8.81. The van der Waals surface area contributed by atoms with E-state index in [1.54, 1.807) is 24.1 Å². The molecule has 0 aliphatic carbocycles. The van der Waals surface area contributed by atoms with Gasteiger partial charge in [-0.3, -0.25) is 4.90 Å². The quantitative estimate of drug-likeness (QED) is 0.281. The summed E-state index contributed by atoms with van der Waals surface area (Å²) in [5, 5.41) is 10.1. The molecule has 0 aromatic heterocycles. The highest BCUT2D eigenvalue weighted by Crippen LogP contribution is 2.38. The number of benzene rings is 2. The van der Waals surface area contributed by atoms with Crippen molar-refractivity contribution in [1.29, 1.82) is 0 Å². The van der Waals surface area contributed by atoms with E-state index in [9.17, 15) is 9.90 Å². The van der Waals surface area contributed by atoms with E-state index >= 15 is 0 Å². The van der Waals surface area contributed by atoms with Crippen LogP contribution in [0.3, 0.4) is 0 Å². The molecule has 0 unspecified atom stereocenters. The molecule has 2 aromatic carbocycles. The average molecular weight is 466 g/mol. The molecule has 0 bridgehead atoms.